The van der Waals surface area contributed by atoms with Crippen molar-refractivity contribution in [2.24, 2.45) is 0 Å². The molecule has 0 unspecified atom stereocenters. The molecule has 0 saturated carbocycles. The molecular weight excluding hydrogens is 428 g/mol. The Bertz CT molecular complexity index is 1150. The number of hydrogen-bond acceptors (Lipinski definition) is 5. The maximum absolute atomic E-state index is 12.9. The molecule has 3 aromatic rings. The number of hydrogen-bond donors (Lipinski definition) is 1. The lowest BCUT2D eigenvalue weighted by Crippen LogP contribution is -2.32. The highest BCUT2D eigenvalue weighted by Crippen LogP contribution is 2.30. The summed E-state index contributed by atoms with van der Waals surface area (Å²) in [6, 6.07) is 19.6. The van der Waals surface area contributed by atoms with Gasteiger partial charge in [-0.15, -0.1) is 0 Å². The molecule has 0 aliphatic carbocycles. The van der Waals surface area contributed by atoms with E-state index >= 15 is 0 Å². The molecule has 1 heterocycles. The van der Waals surface area contributed by atoms with Gasteiger partial charge in [0.25, 0.3) is 5.91 Å². The number of methoxy groups -OCH3 is 3. The van der Waals surface area contributed by atoms with Crippen LogP contribution in [-0.4, -0.2) is 45.2 Å². The maximum Gasteiger partial charge on any atom is 0.255 e. The van der Waals surface area contributed by atoms with Gasteiger partial charge in [0.15, 0.2) is 11.5 Å². The minimum atomic E-state index is -0.159. The van der Waals surface area contributed by atoms with Crippen LogP contribution in [0.1, 0.15) is 33.5 Å². The fourth-order valence-corrected chi connectivity index (χ4v) is 4.55. The quantitative estimate of drug-likeness (QED) is 0.489. The number of ether oxygens (including phenoxy) is 3. The van der Waals surface area contributed by atoms with E-state index in [4.69, 9.17) is 14.2 Å². The lowest BCUT2D eigenvalue weighted by Gasteiger charge is -2.30. The first kappa shape index (κ1) is 23.6. The van der Waals surface area contributed by atoms with Crippen molar-refractivity contribution in [2.45, 2.75) is 25.8 Å². The summed E-state index contributed by atoms with van der Waals surface area (Å²) in [5.74, 6) is 1.94. The van der Waals surface area contributed by atoms with Crippen LogP contribution in [0.5, 0.6) is 17.2 Å². The SMILES string of the molecule is COc1ccccc1CCCN1CCc2c(cccc2NC(=O)c2ccc(OC)c(OC)c2)C1. The topological polar surface area (TPSA) is 60.0 Å². The van der Waals surface area contributed by atoms with Crippen LogP contribution in [0.25, 0.3) is 0 Å². The van der Waals surface area contributed by atoms with E-state index in [0.29, 0.717) is 17.1 Å². The van der Waals surface area contributed by atoms with Gasteiger partial charge in [-0.2, -0.15) is 0 Å². The molecule has 1 N–H and O–H groups in total. The van der Waals surface area contributed by atoms with E-state index in [1.54, 1.807) is 39.5 Å². The molecule has 0 radical (unpaired) electrons. The number of aryl methyl sites for hydroxylation is 1. The van der Waals surface area contributed by atoms with Crippen molar-refractivity contribution >= 4 is 11.6 Å². The Balaban J connectivity index is 1.38. The molecule has 1 aliphatic rings. The van der Waals surface area contributed by atoms with Gasteiger partial charge < -0.3 is 19.5 Å². The number of benzene rings is 3. The summed E-state index contributed by atoms with van der Waals surface area (Å²) in [6.45, 7) is 2.89. The van der Waals surface area contributed by atoms with E-state index < -0.39 is 0 Å². The van der Waals surface area contributed by atoms with Crippen LogP contribution in [0.2, 0.25) is 0 Å². The van der Waals surface area contributed by atoms with Crippen LogP contribution in [-0.2, 0) is 19.4 Å². The summed E-state index contributed by atoms with van der Waals surface area (Å²) in [6.07, 6.45) is 2.98. The molecule has 6 nitrogen and oxygen atoms in total. The number of anilines is 1. The molecule has 178 valence electrons. The number of amides is 1. The zero-order valence-electron chi connectivity index (χ0n) is 20.1. The third-order valence-electron chi connectivity index (χ3n) is 6.35. The molecular formula is C28H32N2O4. The molecule has 0 bridgehead atoms. The molecule has 0 atom stereocenters. The molecule has 0 aromatic heterocycles. The third kappa shape index (κ3) is 5.34. The lowest BCUT2D eigenvalue weighted by atomic mass is 9.97. The number of para-hydroxylation sites is 1. The van der Waals surface area contributed by atoms with Crippen LogP contribution in [0.15, 0.2) is 60.7 Å². The monoisotopic (exact) mass is 460 g/mol. The Morgan fingerprint density at radius 2 is 1.71 bits per heavy atom. The molecule has 4 rings (SSSR count). The summed E-state index contributed by atoms with van der Waals surface area (Å²) in [4.78, 5) is 15.4. The van der Waals surface area contributed by atoms with E-state index in [1.165, 1.54) is 16.7 Å². The van der Waals surface area contributed by atoms with Gasteiger partial charge in [-0.3, -0.25) is 9.69 Å². The van der Waals surface area contributed by atoms with Gasteiger partial charge in [0.2, 0.25) is 0 Å². The predicted molar refractivity (Wildman–Crippen MR) is 134 cm³/mol. The molecule has 0 saturated heterocycles. The Kier molecular flexibility index (Phi) is 7.70. The van der Waals surface area contributed by atoms with E-state index in [-0.39, 0.29) is 5.91 Å². The Morgan fingerprint density at radius 3 is 2.50 bits per heavy atom. The standard InChI is InChI=1S/C28H32N2O4/c1-32-25-12-5-4-8-20(25)10-7-16-30-17-15-23-22(19-30)9-6-11-24(23)29-28(31)21-13-14-26(33-2)27(18-21)34-3/h4-6,8-9,11-14,18H,7,10,15-17,19H2,1-3H3,(H,29,31). The maximum atomic E-state index is 12.9. The predicted octanol–water partition coefficient (Wildman–Crippen LogP) is 4.96. The van der Waals surface area contributed by atoms with Crippen LogP contribution >= 0.6 is 0 Å². The first-order valence-corrected chi connectivity index (χ1v) is 11.6. The summed E-state index contributed by atoms with van der Waals surface area (Å²) in [5.41, 5.74) is 5.16. The molecule has 0 spiro atoms. The highest BCUT2D eigenvalue weighted by molar-refractivity contribution is 6.05. The van der Waals surface area contributed by atoms with Crippen molar-refractivity contribution in [3.8, 4) is 17.2 Å². The van der Waals surface area contributed by atoms with Crippen molar-refractivity contribution in [2.75, 3.05) is 39.7 Å². The molecule has 0 fully saturated rings. The van der Waals surface area contributed by atoms with Crippen LogP contribution in [0.3, 0.4) is 0 Å². The number of nitrogens with one attached hydrogen (secondary N) is 1. The van der Waals surface area contributed by atoms with E-state index in [0.717, 1.165) is 50.3 Å². The second-order valence-electron chi connectivity index (χ2n) is 8.41. The Hall–Kier alpha value is -3.51. The summed E-state index contributed by atoms with van der Waals surface area (Å²) >= 11 is 0. The zero-order chi connectivity index (χ0) is 23.9. The van der Waals surface area contributed by atoms with Gasteiger partial charge in [0.1, 0.15) is 5.75 Å². The summed E-state index contributed by atoms with van der Waals surface area (Å²) < 4.78 is 16.1. The summed E-state index contributed by atoms with van der Waals surface area (Å²) in [7, 11) is 4.87. The molecule has 34 heavy (non-hydrogen) atoms. The van der Waals surface area contributed by atoms with Gasteiger partial charge in [0, 0.05) is 24.3 Å². The first-order valence-electron chi connectivity index (χ1n) is 11.6. The molecule has 6 heteroatoms. The molecule has 3 aromatic carbocycles. The minimum Gasteiger partial charge on any atom is -0.496 e. The van der Waals surface area contributed by atoms with Crippen molar-refractivity contribution in [1.82, 2.24) is 4.90 Å². The van der Waals surface area contributed by atoms with E-state index in [1.807, 2.05) is 24.3 Å². The second kappa shape index (κ2) is 11.1. The lowest BCUT2D eigenvalue weighted by molar-refractivity contribution is 0.102. The van der Waals surface area contributed by atoms with Gasteiger partial charge in [-0.05, 0) is 72.8 Å². The summed E-state index contributed by atoms with van der Waals surface area (Å²) in [5, 5.41) is 3.10. The first-order chi connectivity index (χ1) is 16.6. The fraction of sp³-hybridized carbons (Fsp3) is 0.321. The van der Waals surface area contributed by atoms with Gasteiger partial charge in [0.05, 0.1) is 21.3 Å². The normalized spacial score (nSPS) is 13.1. The smallest absolute Gasteiger partial charge is 0.255 e. The van der Waals surface area contributed by atoms with Crippen LogP contribution in [0.4, 0.5) is 5.69 Å². The Labute approximate surface area is 201 Å². The highest BCUT2D eigenvalue weighted by Gasteiger charge is 2.20. The van der Waals surface area contributed by atoms with Crippen LogP contribution < -0.4 is 19.5 Å². The number of carbonyl (C=O) groups excluding carboxylic acids is 1. The number of fused-ring (bicyclic) bond motifs is 1. The van der Waals surface area contributed by atoms with Crippen molar-refractivity contribution in [3.63, 3.8) is 0 Å². The van der Waals surface area contributed by atoms with E-state index in [9.17, 15) is 4.79 Å². The number of rotatable bonds is 9. The fourth-order valence-electron chi connectivity index (χ4n) is 4.55. The van der Waals surface area contributed by atoms with Gasteiger partial charge in [-0.1, -0.05) is 30.3 Å². The highest BCUT2D eigenvalue weighted by atomic mass is 16.5. The van der Waals surface area contributed by atoms with Crippen molar-refractivity contribution in [3.05, 3.63) is 82.9 Å². The van der Waals surface area contributed by atoms with Crippen molar-refractivity contribution < 1.29 is 19.0 Å². The second-order valence-corrected chi connectivity index (χ2v) is 8.41. The average molecular weight is 461 g/mol. The van der Waals surface area contributed by atoms with E-state index in [2.05, 4.69) is 28.4 Å². The third-order valence-corrected chi connectivity index (χ3v) is 6.35. The minimum absolute atomic E-state index is 0.159. The molecule has 1 aliphatic heterocycles. The molecule has 1 amide bonds. The largest absolute Gasteiger partial charge is 0.496 e. The van der Waals surface area contributed by atoms with Gasteiger partial charge >= 0.3 is 0 Å². The van der Waals surface area contributed by atoms with Crippen molar-refractivity contribution in [1.29, 1.82) is 0 Å². The Morgan fingerprint density at radius 1 is 0.912 bits per heavy atom. The number of nitrogens with zero attached hydrogens (tertiary/aromatic N) is 1. The zero-order valence-corrected chi connectivity index (χ0v) is 20.1. The average Bonchev–Trinajstić information content (AvgIpc) is 2.88. The van der Waals surface area contributed by atoms with Gasteiger partial charge in [-0.25, -0.2) is 0 Å². The number of carbonyl (C=O) groups is 1. The van der Waals surface area contributed by atoms with Crippen LogP contribution in [0, 0.1) is 0 Å².